The summed E-state index contributed by atoms with van der Waals surface area (Å²) in [5.74, 6) is -0.823. The molecule has 18 heavy (non-hydrogen) atoms. The molecule has 1 rings (SSSR count). The topological polar surface area (TPSA) is 84.6 Å². The molecule has 0 radical (unpaired) electrons. The van der Waals surface area contributed by atoms with Gasteiger partial charge in [-0.1, -0.05) is 18.5 Å². The van der Waals surface area contributed by atoms with Crippen LogP contribution >= 0.6 is 11.6 Å². The highest BCUT2D eigenvalue weighted by Crippen LogP contribution is 2.29. The number of nitrogens with two attached hydrogens (primary N) is 1. The van der Waals surface area contributed by atoms with Gasteiger partial charge in [0.25, 0.3) is 0 Å². The van der Waals surface area contributed by atoms with Crippen molar-refractivity contribution in [1.82, 2.24) is 0 Å². The molecule has 4 N–H and O–H groups in total. The van der Waals surface area contributed by atoms with Crippen molar-refractivity contribution < 1.29 is 14.6 Å². The molecule has 1 aromatic carbocycles. The van der Waals surface area contributed by atoms with Crippen LogP contribution in [0.3, 0.4) is 0 Å². The predicted octanol–water partition coefficient (Wildman–Crippen LogP) is 2.31. The predicted molar refractivity (Wildman–Crippen MR) is 72.4 cm³/mol. The number of ether oxygens (including phenoxy) is 1. The average Bonchev–Trinajstić information content (AvgIpc) is 2.27. The number of halogens is 1. The maximum Gasteiger partial charge on any atom is 0.337 e. The monoisotopic (exact) mass is 272 g/mol. The Morgan fingerprint density at radius 1 is 1.61 bits per heavy atom. The summed E-state index contributed by atoms with van der Waals surface area (Å²) in [4.78, 5) is 11.1. The molecule has 0 aliphatic rings. The summed E-state index contributed by atoms with van der Waals surface area (Å²) in [7, 11) is 1.62. The van der Waals surface area contributed by atoms with E-state index in [2.05, 4.69) is 5.32 Å². The second-order valence-corrected chi connectivity index (χ2v) is 4.58. The molecule has 5 nitrogen and oxygen atoms in total. The summed E-state index contributed by atoms with van der Waals surface area (Å²) in [6.45, 7) is 3.14. The Morgan fingerprint density at radius 2 is 2.28 bits per heavy atom. The number of anilines is 2. The van der Waals surface area contributed by atoms with Gasteiger partial charge < -0.3 is 20.9 Å². The molecule has 6 heteroatoms. The second kappa shape index (κ2) is 6.47. The van der Waals surface area contributed by atoms with Gasteiger partial charge in [-0.25, -0.2) is 4.79 Å². The Morgan fingerprint density at radius 3 is 2.83 bits per heavy atom. The van der Waals surface area contributed by atoms with E-state index in [9.17, 15) is 4.79 Å². The molecule has 0 aromatic heterocycles. The van der Waals surface area contributed by atoms with Crippen LogP contribution < -0.4 is 11.1 Å². The lowest BCUT2D eigenvalue weighted by Crippen LogP contribution is -2.17. The third-order valence-electron chi connectivity index (χ3n) is 2.42. The molecule has 0 bridgehead atoms. The van der Waals surface area contributed by atoms with Crippen molar-refractivity contribution in [3.05, 3.63) is 22.7 Å². The van der Waals surface area contributed by atoms with Crippen LogP contribution in [0.5, 0.6) is 0 Å². The van der Waals surface area contributed by atoms with Crippen molar-refractivity contribution in [2.75, 3.05) is 31.3 Å². The number of carboxylic acid groups (broad SMARTS) is 1. The molecule has 1 atom stereocenters. The molecule has 0 saturated heterocycles. The van der Waals surface area contributed by atoms with E-state index >= 15 is 0 Å². The van der Waals surface area contributed by atoms with Gasteiger partial charge >= 0.3 is 5.97 Å². The molecule has 1 aromatic rings. The van der Waals surface area contributed by atoms with Crippen LogP contribution in [0.15, 0.2) is 12.1 Å². The highest BCUT2D eigenvalue weighted by atomic mass is 35.5. The number of nitrogen functional groups attached to an aromatic ring is 1. The lowest BCUT2D eigenvalue weighted by atomic mass is 10.1. The zero-order valence-corrected chi connectivity index (χ0v) is 11.1. The third-order valence-corrected chi connectivity index (χ3v) is 2.72. The first-order valence-corrected chi connectivity index (χ1v) is 5.88. The molecule has 0 amide bonds. The third kappa shape index (κ3) is 3.78. The summed E-state index contributed by atoms with van der Waals surface area (Å²) in [5, 5.41) is 12.4. The number of aromatic carboxylic acids is 1. The molecular formula is C12H17ClN2O3. The van der Waals surface area contributed by atoms with Gasteiger partial charge in [-0.2, -0.15) is 0 Å². The molecule has 1 unspecified atom stereocenters. The fourth-order valence-corrected chi connectivity index (χ4v) is 1.89. The van der Waals surface area contributed by atoms with Gasteiger partial charge in [0.15, 0.2) is 0 Å². The van der Waals surface area contributed by atoms with Crippen LogP contribution in [0.4, 0.5) is 11.4 Å². The van der Waals surface area contributed by atoms with Crippen molar-refractivity contribution in [2.45, 2.75) is 6.92 Å². The lowest BCUT2D eigenvalue weighted by Gasteiger charge is -2.16. The molecule has 0 saturated carbocycles. The van der Waals surface area contributed by atoms with Crippen LogP contribution in [0.25, 0.3) is 0 Å². The fourth-order valence-electron chi connectivity index (χ4n) is 1.60. The minimum absolute atomic E-state index is 0.0737. The van der Waals surface area contributed by atoms with E-state index in [1.165, 1.54) is 12.1 Å². The highest BCUT2D eigenvalue weighted by Gasteiger charge is 2.15. The first-order chi connectivity index (χ1) is 8.45. The van der Waals surface area contributed by atoms with Crippen LogP contribution in [0.1, 0.15) is 17.3 Å². The van der Waals surface area contributed by atoms with Gasteiger partial charge in [0.05, 0.1) is 22.9 Å². The van der Waals surface area contributed by atoms with Gasteiger partial charge in [-0.15, -0.1) is 0 Å². The van der Waals surface area contributed by atoms with Crippen molar-refractivity contribution in [1.29, 1.82) is 0 Å². The minimum atomic E-state index is -1.06. The standard InChI is InChI=1S/C12H17ClN2O3/c1-7(6-18-2)5-15-11-9(12(16)17)3-8(14)4-10(11)13/h3-4,7,15H,5-6,14H2,1-2H3,(H,16,17). The Kier molecular flexibility index (Phi) is 5.25. The molecule has 0 fully saturated rings. The van der Waals surface area contributed by atoms with Gasteiger partial charge in [0.2, 0.25) is 0 Å². The summed E-state index contributed by atoms with van der Waals surface area (Å²) < 4.78 is 5.01. The molecule has 0 aliphatic carbocycles. The van der Waals surface area contributed by atoms with Crippen molar-refractivity contribution in [3.63, 3.8) is 0 Å². The zero-order chi connectivity index (χ0) is 13.7. The van der Waals surface area contributed by atoms with Gasteiger partial charge in [0.1, 0.15) is 0 Å². The molecular weight excluding hydrogens is 256 g/mol. The number of rotatable bonds is 6. The normalized spacial score (nSPS) is 12.2. The first-order valence-electron chi connectivity index (χ1n) is 5.50. The van der Waals surface area contributed by atoms with Crippen LogP contribution in [-0.4, -0.2) is 31.3 Å². The lowest BCUT2D eigenvalue weighted by molar-refractivity contribution is 0.0698. The number of hydrogen-bond donors (Lipinski definition) is 3. The average molecular weight is 273 g/mol. The van der Waals surface area contributed by atoms with Gasteiger partial charge in [0, 0.05) is 19.3 Å². The van der Waals surface area contributed by atoms with E-state index in [1.807, 2.05) is 6.92 Å². The van der Waals surface area contributed by atoms with E-state index in [0.717, 1.165) is 0 Å². The van der Waals surface area contributed by atoms with E-state index < -0.39 is 5.97 Å². The van der Waals surface area contributed by atoms with E-state index in [1.54, 1.807) is 7.11 Å². The first kappa shape index (κ1) is 14.6. The summed E-state index contributed by atoms with van der Waals surface area (Å²) in [5.41, 5.74) is 6.36. The quantitative estimate of drug-likeness (QED) is 0.692. The summed E-state index contributed by atoms with van der Waals surface area (Å²) >= 11 is 6.00. The van der Waals surface area contributed by atoms with Crippen molar-refractivity contribution in [2.24, 2.45) is 5.92 Å². The van der Waals surface area contributed by atoms with Crippen LogP contribution in [-0.2, 0) is 4.74 Å². The number of benzene rings is 1. The van der Waals surface area contributed by atoms with E-state index in [0.29, 0.717) is 29.5 Å². The molecule has 0 aliphatic heterocycles. The fraction of sp³-hybridized carbons (Fsp3) is 0.417. The van der Waals surface area contributed by atoms with Crippen molar-refractivity contribution >= 4 is 28.9 Å². The summed E-state index contributed by atoms with van der Waals surface area (Å²) in [6, 6.07) is 2.91. The zero-order valence-electron chi connectivity index (χ0n) is 10.4. The van der Waals surface area contributed by atoms with E-state index in [4.69, 9.17) is 27.2 Å². The molecule has 0 spiro atoms. The second-order valence-electron chi connectivity index (χ2n) is 4.17. The summed E-state index contributed by atoms with van der Waals surface area (Å²) in [6.07, 6.45) is 0. The van der Waals surface area contributed by atoms with E-state index in [-0.39, 0.29) is 11.5 Å². The number of nitrogens with one attached hydrogen (secondary N) is 1. The number of carbonyl (C=O) groups is 1. The Labute approximate surface area is 111 Å². The van der Waals surface area contributed by atoms with Gasteiger partial charge in [-0.05, 0) is 18.1 Å². The largest absolute Gasteiger partial charge is 0.478 e. The molecule has 0 heterocycles. The Balaban J connectivity index is 2.90. The number of methoxy groups -OCH3 is 1. The van der Waals surface area contributed by atoms with Gasteiger partial charge in [-0.3, -0.25) is 0 Å². The number of hydrogen-bond acceptors (Lipinski definition) is 4. The minimum Gasteiger partial charge on any atom is -0.478 e. The van der Waals surface area contributed by atoms with Crippen LogP contribution in [0.2, 0.25) is 5.02 Å². The van der Waals surface area contributed by atoms with Crippen molar-refractivity contribution in [3.8, 4) is 0 Å². The molecule has 100 valence electrons. The number of carboxylic acids is 1. The smallest absolute Gasteiger partial charge is 0.337 e. The maximum absolute atomic E-state index is 11.1. The highest BCUT2D eigenvalue weighted by molar-refractivity contribution is 6.34. The van der Waals surface area contributed by atoms with Crippen LogP contribution in [0, 0.1) is 5.92 Å². The Bertz CT molecular complexity index is 438. The maximum atomic E-state index is 11.1. The Hall–Kier alpha value is -1.46. The SMILES string of the molecule is COCC(C)CNc1c(Cl)cc(N)cc1C(=O)O.